The summed E-state index contributed by atoms with van der Waals surface area (Å²) in [5.74, 6) is 0.0436. The Morgan fingerprint density at radius 2 is 1.45 bits per heavy atom. The van der Waals surface area contributed by atoms with E-state index in [1.165, 1.54) is 0 Å². The molecular weight excluding hydrogens is 414 g/mol. The van der Waals surface area contributed by atoms with Crippen molar-refractivity contribution >= 4 is 17.8 Å². The van der Waals surface area contributed by atoms with Crippen LogP contribution in [0.5, 0.6) is 0 Å². The molecule has 3 aromatic rings. The summed E-state index contributed by atoms with van der Waals surface area (Å²) in [6.07, 6.45) is 2.09. The van der Waals surface area contributed by atoms with Gasteiger partial charge in [-0.2, -0.15) is 4.99 Å². The van der Waals surface area contributed by atoms with E-state index in [2.05, 4.69) is 11.9 Å². The highest BCUT2D eigenvalue weighted by Crippen LogP contribution is 2.30. The first-order valence-electron chi connectivity index (χ1n) is 11.2. The number of carbonyl (C=O) groups excluding carboxylic acids is 2. The topological polar surface area (TPSA) is 107 Å². The number of carbonyl (C=O) groups is 2. The third-order valence-corrected chi connectivity index (χ3v) is 6.10. The maximum atomic E-state index is 12.9. The third-order valence-electron chi connectivity index (χ3n) is 6.10. The number of aromatic nitrogens is 1. The van der Waals surface area contributed by atoms with Crippen LogP contribution in [0.1, 0.15) is 30.1 Å². The van der Waals surface area contributed by atoms with E-state index >= 15 is 0 Å². The standard InChI is InChI=1S/C26H29N5O2/c1-18-13-15-30(16-14-18)25(33)21-9-7-20(8-10-21)23-12-11-22(19-5-3-2-4-6-19)31(23)17-24(32)29-26(27)28/h2-12,18H,13-17H2,1H3,(H4,27,28,29,32). The normalized spacial score (nSPS) is 14.2. The molecule has 33 heavy (non-hydrogen) atoms. The maximum Gasteiger partial charge on any atom is 0.268 e. The number of rotatable bonds is 5. The quantitative estimate of drug-likeness (QED) is 0.465. The number of piperidine rings is 1. The summed E-state index contributed by atoms with van der Waals surface area (Å²) in [6.45, 7) is 3.83. The molecule has 0 saturated carbocycles. The molecule has 1 aliphatic rings. The summed E-state index contributed by atoms with van der Waals surface area (Å²) in [5.41, 5.74) is 15.1. The number of nitrogens with zero attached hydrogens (tertiary/aromatic N) is 3. The second-order valence-corrected chi connectivity index (χ2v) is 8.54. The second-order valence-electron chi connectivity index (χ2n) is 8.54. The molecule has 1 aromatic heterocycles. The van der Waals surface area contributed by atoms with E-state index in [1.54, 1.807) is 0 Å². The maximum absolute atomic E-state index is 12.9. The molecule has 0 atom stereocenters. The zero-order valence-electron chi connectivity index (χ0n) is 18.8. The fraction of sp³-hybridized carbons (Fsp3) is 0.269. The van der Waals surface area contributed by atoms with Crippen molar-refractivity contribution in [1.29, 1.82) is 0 Å². The SMILES string of the molecule is CC1CCN(C(=O)c2ccc(-c3ccc(-c4ccccc4)n3CC(=O)N=C(N)N)cc2)CC1. The molecule has 0 aliphatic carbocycles. The van der Waals surface area contributed by atoms with E-state index in [1.807, 2.05) is 76.2 Å². The second kappa shape index (κ2) is 9.73. The van der Waals surface area contributed by atoms with Crippen LogP contribution in [0.3, 0.4) is 0 Å². The molecule has 7 heteroatoms. The summed E-state index contributed by atoms with van der Waals surface area (Å²) in [4.78, 5) is 30.9. The molecule has 4 N–H and O–H groups in total. The van der Waals surface area contributed by atoms with Gasteiger partial charge < -0.3 is 20.9 Å². The Morgan fingerprint density at radius 1 is 0.879 bits per heavy atom. The predicted octanol–water partition coefficient (Wildman–Crippen LogP) is 3.49. The van der Waals surface area contributed by atoms with Crippen LogP contribution in [0.4, 0.5) is 0 Å². The number of guanidine groups is 1. The van der Waals surface area contributed by atoms with Gasteiger partial charge >= 0.3 is 0 Å². The van der Waals surface area contributed by atoms with Crippen LogP contribution < -0.4 is 11.5 Å². The number of amides is 2. The highest BCUT2D eigenvalue weighted by molar-refractivity contribution is 5.95. The van der Waals surface area contributed by atoms with Gasteiger partial charge in [-0.3, -0.25) is 9.59 Å². The van der Waals surface area contributed by atoms with Gasteiger partial charge in [0.05, 0.1) is 0 Å². The summed E-state index contributed by atoms with van der Waals surface area (Å²) in [5, 5.41) is 0. The van der Waals surface area contributed by atoms with Crippen molar-refractivity contribution in [1.82, 2.24) is 9.47 Å². The lowest BCUT2D eigenvalue weighted by Crippen LogP contribution is -2.37. The van der Waals surface area contributed by atoms with Crippen molar-refractivity contribution in [3.63, 3.8) is 0 Å². The molecule has 0 radical (unpaired) electrons. The fourth-order valence-corrected chi connectivity index (χ4v) is 4.24. The average Bonchev–Trinajstić information content (AvgIpc) is 3.22. The molecule has 0 unspecified atom stereocenters. The van der Waals surface area contributed by atoms with Gasteiger partial charge in [0.2, 0.25) is 0 Å². The fourth-order valence-electron chi connectivity index (χ4n) is 4.24. The van der Waals surface area contributed by atoms with Gasteiger partial charge in [0.25, 0.3) is 11.8 Å². The highest BCUT2D eigenvalue weighted by Gasteiger charge is 2.22. The predicted molar refractivity (Wildman–Crippen MR) is 130 cm³/mol. The summed E-state index contributed by atoms with van der Waals surface area (Å²) in [7, 11) is 0. The molecule has 2 amide bonds. The first kappa shape index (κ1) is 22.3. The first-order chi connectivity index (χ1) is 15.9. The van der Waals surface area contributed by atoms with E-state index in [-0.39, 0.29) is 18.4 Å². The van der Waals surface area contributed by atoms with Crippen molar-refractivity contribution in [2.24, 2.45) is 22.4 Å². The minimum absolute atomic E-state index is 0.00287. The van der Waals surface area contributed by atoms with E-state index in [9.17, 15) is 9.59 Å². The summed E-state index contributed by atoms with van der Waals surface area (Å²) < 4.78 is 1.90. The Hall–Kier alpha value is -3.87. The van der Waals surface area contributed by atoms with E-state index in [0.29, 0.717) is 11.5 Å². The number of aliphatic imine (C=N–C) groups is 1. The monoisotopic (exact) mass is 443 g/mol. The van der Waals surface area contributed by atoms with Gasteiger partial charge in [-0.25, -0.2) is 0 Å². The Labute approximate surface area is 193 Å². The lowest BCUT2D eigenvalue weighted by molar-refractivity contribution is -0.118. The Balaban J connectivity index is 1.64. The van der Waals surface area contributed by atoms with Crippen molar-refractivity contribution < 1.29 is 9.59 Å². The van der Waals surface area contributed by atoms with Crippen molar-refractivity contribution in [3.05, 3.63) is 72.3 Å². The number of likely N-dealkylation sites (tertiary alicyclic amines) is 1. The molecule has 7 nitrogen and oxygen atoms in total. The number of nitrogens with two attached hydrogens (primary N) is 2. The largest absolute Gasteiger partial charge is 0.370 e. The number of benzene rings is 2. The lowest BCUT2D eigenvalue weighted by Gasteiger charge is -2.30. The van der Waals surface area contributed by atoms with Gasteiger partial charge in [-0.1, -0.05) is 49.4 Å². The molecule has 1 aliphatic heterocycles. The minimum atomic E-state index is -0.434. The zero-order chi connectivity index (χ0) is 23.4. The van der Waals surface area contributed by atoms with Crippen LogP contribution in [0.2, 0.25) is 0 Å². The summed E-state index contributed by atoms with van der Waals surface area (Å²) >= 11 is 0. The van der Waals surface area contributed by atoms with Crippen LogP contribution in [0.15, 0.2) is 71.7 Å². The highest BCUT2D eigenvalue weighted by atomic mass is 16.2. The molecular formula is C26H29N5O2. The number of hydrogen-bond donors (Lipinski definition) is 2. The molecule has 0 bridgehead atoms. The van der Waals surface area contributed by atoms with Crippen LogP contribution in [0, 0.1) is 5.92 Å². The summed E-state index contributed by atoms with van der Waals surface area (Å²) in [6, 6.07) is 21.3. The third kappa shape index (κ3) is 5.14. The Kier molecular flexibility index (Phi) is 6.58. The molecule has 2 heterocycles. The molecule has 170 valence electrons. The van der Waals surface area contributed by atoms with Gasteiger partial charge in [-0.15, -0.1) is 0 Å². The number of hydrogen-bond acceptors (Lipinski definition) is 2. The molecule has 1 fully saturated rings. The van der Waals surface area contributed by atoms with Crippen molar-refractivity contribution in [2.75, 3.05) is 13.1 Å². The van der Waals surface area contributed by atoms with Gasteiger partial charge in [0.1, 0.15) is 6.54 Å². The van der Waals surface area contributed by atoms with Crippen LogP contribution >= 0.6 is 0 Å². The lowest BCUT2D eigenvalue weighted by atomic mass is 9.98. The van der Waals surface area contributed by atoms with Crippen molar-refractivity contribution in [2.45, 2.75) is 26.3 Å². The Morgan fingerprint density at radius 3 is 2.03 bits per heavy atom. The smallest absolute Gasteiger partial charge is 0.268 e. The first-order valence-corrected chi connectivity index (χ1v) is 11.2. The molecule has 1 saturated heterocycles. The van der Waals surface area contributed by atoms with Gasteiger partial charge in [0, 0.05) is 30.0 Å². The van der Waals surface area contributed by atoms with Crippen LogP contribution in [0.25, 0.3) is 22.5 Å². The van der Waals surface area contributed by atoms with Gasteiger partial charge in [0.15, 0.2) is 5.96 Å². The van der Waals surface area contributed by atoms with E-state index < -0.39 is 5.91 Å². The van der Waals surface area contributed by atoms with Crippen molar-refractivity contribution in [3.8, 4) is 22.5 Å². The van der Waals surface area contributed by atoms with Crippen LogP contribution in [-0.4, -0.2) is 40.3 Å². The molecule has 2 aromatic carbocycles. The molecule has 0 spiro atoms. The molecule has 4 rings (SSSR count). The van der Waals surface area contributed by atoms with E-state index in [0.717, 1.165) is 48.4 Å². The average molecular weight is 444 g/mol. The Bertz CT molecular complexity index is 1150. The van der Waals surface area contributed by atoms with Gasteiger partial charge in [-0.05, 0) is 54.2 Å². The minimum Gasteiger partial charge on any atom is -0.370 e. The van der Waals surface area contributed by atoms with Crippen LogP contribution in [-0.2, 0) is 11.3 Å². The van der Waals surface area contributed by atoms with E-state index in [4.69, 9.17) is 11.5 Å². The zero-order valence-corrected chi connectivity index (χ0v) is 18.8.